The van der Waals surface area contributed by atoms with Crippen molar-refractivity contribution in [1.82, 2.24) is 14.9 Å². The van der Waals surface area contributed by atoms with Crippen LogP contribution < -0.4 is 5.32 Å². The van der Waals surface area contributed by atoms with Gasteiger partial charge in [0.05, 0.1) is 6.33 Å². The highest BCUT2D eigenvalue weighted by Crippen LogP contribution is 2.25. The molecule has 1 aromatic heterocycles. The van der Waals surface area contributed by atoms with E-state index in [9.17, 15) is 0 Å². The Kier molecular flexibility index (Phi) is 4.99. The van der Waals surface area contributed by atoms with Crippen molar-refractivity contribution in [2.24, 2.45) is 0 Å². The largest absolute Gasteiger partial charge is 0.309 e. The molecule has 1 N–H and O–H groups in total. The van der Waals surface area contributed by atoms with Gasteiger partial charge in [0, 0.05) is 35.9 Å². The van der Waals surface area contributed by atoms with E-state index in [-0.39, 0.29) is 0 Å². The second-order valence-corrected chi connectivity index (χ2v) is 7.09. The third-order valence-corrected chi connectivity index (χ3v) is 5.52. The van der Waals surface area contributed by atoms with Gasteiger partial charge in [-0.25, -0.2) is 4.98 Å². The van der Waals surface area contributed by atoms with Crippen molar-refractivity contribution in [3.63, 3.8) is 0 Å². The third kappa shape index (κ3) is 3.89. The van der Waals surface area contributed by atoms with Crippen LogP contribution in [0.5, 0.6) is 0 Å². The van der Waals surface area contributed by atoms with Gasteiger partial charge in [-0.2, -0.15) is 11.8 Å². The number of rotatable bonds is 5. The van der Waals surface area contributed by atoms with Gasteiger partial charge >= 0.3 is 0 Å². The number of nitrogens with one attached hydrogen (secondary N) is 1. The molecule has 1 saturated heterocycles. The van der Waals surface area contributed by atoms with Gasteiger partial charge in [0.15, 0.2) is 0 Å². The van der Waals surface area contributed by atoms with Crippen LogP contribution in [-0.4, -0.2) is 27.1 Å². The van der Waals surface area contributed by atoms with Gasteiger partial charge in [0.2, 0.25) is 0 Å². The number of benzene rings is 1. The second kappa shape index (κ2) is 7.14. The third-order valence-electron chi connectivity index (χ3n) is 4.12. The maximum absolute atomic E-state index is 4.09. The van der Waals surface area contributed by atoms with Gasteiger partial charge in [-0.3, -0.25) is 0 Å². The Hall–Kier alpha value is -1.26. The van der Waals surface area contributed by atoms with Gasteiger partial charge < -0.3 is 9.88 Å². The highest BCUT2D eigenvalue weighted by molar-refractivity contribution is 7.99. The van der Waals surface area contributed by atoms with Crippen LogP contribution >= 0.6 is 11.8 Å². The van der Waals surface area contributed by atoms with Gasteiger partial charge in [-0.05, 0) is 43.2 Å². The van der Waals surface area contributed by atoms with Crippen LogP contribution in [0, 0.1) is 0 Å². The van der Waals surface area contributed by atoms with E-state index >= 15 is 0 Å². The molecule has 21 heavy (non-hydrogen) atoms. The molecule has 1 fully saturated rings. The van der Waals surface area contributed by atoms with E-state index in [0.29, 0.717) is 6.04 Å². The molecule has 0 spiro atoms. The molecular weight excluding hydrogens is 278 g/mol. The lowest BCUT2D eigenvalue weighted by Gasteiger charge is -2.24. The molecule has 112 valence electrons. The minimum absolute atomic E-state index is 0.407. The molecule has 2 heterocycles. The highest BCUT2D eigenvalue weighted by atomic mass is 32.2. The monoisotopic (exact) mass is 301 g/mol. The number of hydrogen-bond acceptors (Lipinski definition) is 3. The first-order chi connectivity index (χ1) is 10.3. The van der Waals surface area contributed by atoms with Crippen LogP contribution in [0.15, 0.2) is 43.0 Å². The predicted molar refractivity (Wildman–Crippen MR) is 90.1 cm³/mol. The molecule has 0 amide bonds. The van der Waals surface area contributed by atoms with Crippen molar-refractivity contribution in [2.75, 3.05) is 12.3 Å². The molecule has 1 aromatic carbocycles. The highest BCUT2D eigenvalue weighted by Gasteiger charge is 2.15. The molecule has 0 bridgehead atoms. The molecule has 3 nitrogen and oxygen atoms in total. The fourth-order valence-electron chi connectivity index (χ4n) is 2.74. The SMILES string of the molecule is CC(NCC1CCCCS1)c1ccc(-n2ccnc2)cc1. The molecule has 1 aliphatic heterocycles. The molecular formula is C17H23N3S. The van der Waals surface area contributed by atoms with Gasteiger partial charge in [0.25, 0.3) is 0 Å². The summed E-state index contributed by atoms with van der Waals surface area (Å²) in [4.78, 5) is 4.09. The standard InChI is InChI=1S/C17H23N3S/c1-14(19-12-17-4-2-3-11-21-17)15-5-7-16(8-6-15)20-10-9-18-13-20/h5-10,13-14,17,19H,2-4,11-12H2,1H3. The summed E-state index contributed by atoms with van der Waals surface area (Å²) in [6, 6.07) is 9.14. The van der Waals surface area contributed by atoms with E-state index in [0.717, 1.165) is 17.5 Å². The fraction of sp³-hybridized carbons (Fsp3) is 0.471. The number of thioether (sulfide) groups is 1. The molecule has 2 atom stereocenters. The van der Waals surface area contributed by atoms with E-state index in [1.165, 1.54) is 30.6 Å². The smallest absolute Gasteiger partial charge is 0.0991 e. The van der Waals surface area contributed by atoms with Gasteiger partial charge in [-0.15, -0.1) is 0 Å². The zero-order valence-corrected chi connectivity index (χ0v) is 13.4. The summed E-state index contributed by atoms with van der Waals surface area (Å²) in [6.07, 6.45) is 9.76. The Morgan fingerprint density at radius 3 is 2.86 bits per heavy atom. The molecule has 4 heteroatoms. The Balaban J connectivity index is 1.55. The topological polar surface area (TPSA) is 29.9 Å². The van der Waals surface area contributed by atoms with E-state index in [2.05, 4.69) is 53.3 Å². The molecule has 2 aromatic rings. The van der Waals surface area contributed by atoms with Crippen LogP contribution in [0.25, 0.3) is 5.69 Å². The Bertz CT molecular complexity index is 530. The predicted octanol–water partition coefficient (Wildman–Crippen LogP) is 3.81. The molecule has 3 rings (SSSR count). The quantitative estimate of drug-likeness (QED) is 0.911. The Morgan fingerprint density at radius 1 is 1.33 bits per heavy atom. The van der Waals surface area contributed by atoms with Crippen LogP contribution in [0.2, 0.25) is 0 Å². The first-order valence-electron chi connectivity index (χ1n) is 7.76. The van der Waals surface area contributed by atoms with E-state index in [1.54, 1.807) is 6.20 Å². The minimum atomic E-state index is 0.407. The maximum atomic E-state index is 4.09. The Labute approximate surface area is 131 Å². The zero-order valence-electron chi connectivity index (χ0n) is 12.5. The lowest BCUT2D eigenvalue weighted by Crippen LogP contribution is -2.28. The van der Waals surface area contributed by atoms with E-state index in [4.69, 9.17) is 0 Å². The number of aromatic nitrogens is 2. The number of nitrogens with zero attached hydrogens (tertiary/aromatic N) is 2. The molecule has 2 unspecified atom stereocenters. The number of hydrogen-bond donors (Lipinski definition) is 1. The van der Waals surface area contributed by atoms with E-state index in [1.807, 2.05) is 17.1 Å². The van der Waals surface area contributed by atoms with Crippen molar-refractivity contribution in [3.8, 4) is 5.69 Å². The maximum Gasteiger partial charge on any atom is 0.0991 e. The van der Waals surface area contributed by atoms with Crippen LogP contribution in [0.3, 0.4) is 0 Å². The van der Waals surface area contributed by atoms with Crippen LogP contribution in [-0.2, 0) is 0 Å². The summed E-state index contributed by atoms with van der Waals surface area (Å²) in [7, 11) is 0. The molecule has 0 radical (unpaired) electrons. The average Bonchev–Trinajstić information content (AvgIpc) is 3.08. The fourth-order valence-corrected chi connectivity index (χ4v) is 3.99. The minimum Gasteiger partial charge on any atom is -0.309 e. The number of imidazole rings is 1. The average molecular weight is 301 g/mol. The molecule has 0 aliphatic carbocycles. The first-order valence-corrected chi connectivity index (χ1v) is 8.81. The van der Waals surface area contributed by atoms with Crippen molar-refractivity contribution in [3.05, 3.63) is 48.5 Å². The summed E-state index contributed by atoms with van der Waals surface area (Å²) < 4.78 is 2.03. The van der Waals surface area contributed by atoms with Crippen molar-refractivity contribution in [1.29, 1.82) is 0 Å². The second-order valence-electron chi connectivity index (χ2n) is 5.68. The van der Waals surface area contributed by atoms with Crippen molar-refractivity contribution < 1.29 is 0 Å². The zero-order chi connectivity index (χ0) is 14.5. The summed E-state index contributed by atoms with van der Waals surface area (Å²) in [6.45, 7) is 3.37. The normalized spacial score (nSPS) is 20.3. The van der Waals surface area contributed by atoms with Crippen molar-refractivity contribution in [2.45, 2.75) is 37.5 Å². The summed E-state index contributed by atoms with van der Waals surface area (Å²) in [5.41, 5.74) is 2.51. The lowest BCUT2D eigenvalue weighted by molar-refractivity contribution is 0.538. The van der Waals surface area contributed by atoms with E-state index < -0.39 is 0 Å². The summed E-state index contributed by atoms with van der Waals surface area (Å²) >= 11 is 2.13. The van der Waals surface area contributed by atoms with Crippen LogP contribution in [0.1, 0.15) is 37.8 Å². The molecule has 0 saturated carbocycles. The van der Waals surface area contributed by atoms with Crippen LogP contribution in [0.4, 0.5) is 0 Å². The Morgan fingerprint density at radius 2 is 2.19 bits per heavy atom. The summed E-state index contributed by atoms with van der Waals surface area (Å²) in [5.74, 6) is 1.33. The van der Waals surface area contributed by atoms with Crippen molar-refractivity contribution >= 4 is 11.8 Å². The first kappa shape index (κ1) is 14.7. The summed E-state index contributed by atoms with van der Waals surface area (Å²) in [5, 5.41) is 4.48. The molecule has 1 aliphatic rings. The van der Waals surface area contributed by atoms with Gasteiger partial charge in [0.1, 0.15) is 0 Å². The lowest BCUT2D eigenvalue weighted by atomic mass is 10.1. The van der Waals surface area contributed by atoms with Gasteiger partial charge in [-0.1, -0.05) is 18.6 Å².